The molecule has 1 saturated heterocycles. The van der Waals surface area contributed by atoms with Gasteiger partial charge in [-0.3, -0.25) is 9.59 Å². The fourth-order valence-electron chi connectivity index (χ4n) is 1.90. The van der Waals surface area contributed by atoms with Gasteiger partial charge < -0.3 is 4.74 Å². The number of carbonyl (C=O) groups excluding carboxylic acids is 2. The van der Waals surface area contributed by atoms with E-state index in [4.69, 9.17) is 11.6 Å². The van der Waals surface area contributed by atoms with Gasteiger partial charge in [0.05, 0.1) is 0 Å². The molecule has 116 valence electrons. The highest BCUT2D eigenvalue weighted by Crippen LogP contribution is 2.51. The molecule has 0 saturated carbocycles. The molecule has 0 amide bonds. The fourth-order valence-corrected chi connectivity index (χ4v) is 2.01. The summed E-state index contributed by atoms with van der Waals surface area (Å²) >= 11 is 4.95. The van der Waals surface area contributed by atoms with Crippen LogP contribution in [0.15, 0.2) is 0 Å². The van der Waals surface area contributed by atoms with Crippen LogP contribution in [-0.4, -0.2) is 47.3 Å². The van der Waals surface area contributed by atoms with Crippen molar-refractivity contribution in [1.29, 1.82) is 0 Å². The molecule has 0 aromatic rings. The first-order valence-electron chi connectivity index (χ1n) is 5.12. The normalized spacial score (nSPS) is 23.8. The monoisotopic (exact) mass is 327 g/mol. The van der Waals surface area contributed by atoms with Crippen LogP contribution in [0.2, 0.25) is 0 Å². The lowest BCUT2D eigenvalue weighted by Crippen LogP contribution is -2.65. The molecule has 1 heterocycles. The van der Waals surface area contributed by atoms with Crippen molar-refractivity contribution in [3.8, 4) is 0 Å². The summed E-state index contributed by atoms with van der Waals surface area (Å²) in [5.41, 5.74) is -4.71. The van der Waals surface area contributed by atoms with Gasteiger partial charge in [-0.05, 0) is 25.1 Å². The largest absolute Gasteiger partial charge is 0.453 e. The Hall–Kier alpha value is -1.03. The second kappa shape index (κ2) is 5.06. The van der Waals surface area contributed by atoms with Crippen molar-refractivity contribution in [1.82, 2.24) is 4.90 Å². The van der Waals surface area contributed by atoms with E-state index >= 15 is 0 Å². The Morgan fingerprint density at radius 3 is 2.05 bits per heavy atom. The standard InChI is InChI=1S/C9H8ClF6NO3/c1-17-4(2-3-5(10)18)6(19)20-7(17,8(11,12)13)9(14,15)16/h4H,2-3H2,1H3/t4-/m0/s1. The van der Waals surface area contributed by atoms with Gasteiger partial charge in [0.25, 0.3) is 0 Å². The van der Waals surface area contributed by atoms with Crippen molar-refractivity contribution < 1.29 is 40.7 Å². The second-order valence-corrected chi connectivity index (χ2v) is 4.50. The van der Waals surface area contributed by atoms with Gasteiger partial charge >= 0.3 is 24.0 Å². The Balaban J connectivity index is 3.18. The molecular formula is C9H8ClF6NO3. The van der Waals surface area contributed by atoms with Crippen LogP contribution in [0.1, 0.15) is 12.8 Å². The summed E-state index contributed by atoms with van der Waals surface area (Å²) in [6.07, 6.45) is -12.9. The number of halogens is 7. The fraction of sp³-hybridized carbons (Fsp3) is 0.778. The second-order valence-electron chi connectivity index (χ2n) is 4.08. The van der Waals surface area contributed by atoms with E-state index < -0.39 is 48.2 Å². The number of rotatable bonds is 3. The first kappa shape index (κ1) is 17.0. The first-order valence-corrected chi connectivity index (χ1v) is 5.50. The van der Waals surface area contributed by atoms with Crippen LogP contribution in [0.3, 0.4) is 0 Å². The maximum Gasteiger partial charge on any atom is 0.453 e. The summed E-state index contributed by atoms with van der Waals surface area (Å²) in [7, 11) is 0.454. The van der Waals surface area contributed by atoms with Gasteiger partial charge in [0.15, 0.2) is 0 Å². The minimum absolute atomic E-state index is 0.269. The third-order valence-corrected chi connectivity index (χ3v) is 3.06. The SMILES string of the molecule is CN1[C@@H](CCC(=O)Cl)C(=O)OC1(C(F)(F)F)C(F)(F)F. The highest BCUT2D eigenvalue weighted by Gasteiger charge is 2.80. The summed E-state index contributed by atoms with van der Waals surface area (Å²) in [6.45, 7) is 0. The number of carbonyl (C=O) groups is 2. The van der Waals surface area contributed by atoms with Crippen LogP contribution in [0.5, 0.6) is 0 Å². The molecule has 20 heavy (non-hydrogen) atoms. The van der Waals surface area contributed by atoms with Gasteiger partial charge in [-0.2, -0.15) is 26.3 Å². The average Bonchev–Trinajstić information content (AvgIpc) is 2.47. The van der Waals surface area contributed by atoms with Gasteiger partial charge in [-0.15, -0.1) is 0 Å². The van der Waals surface area contributed by atoms with Crippen molar-refractivity contribution in [3.05, 3.63) is 0 Å². The molecule has 0 aromatic heterocycles. The lowest BCUT2D eigenvalue weighted by atomic mass is 10.1. The zero-order chi connectivity index (χ0) is 15.9. The first-order chi connectivity index (χ1) is 8.84. The van der Waals surface area contributed by atoms with Crippen LogP contribution in [-0.2, 0) is 14.3 Å². The summed E-state index contributed by atoms with van der Waals surface area (Å²) in [6, 6.07) is -1.86. The highest BCUT2D eigenvalue weighted by molar-refractivity contribution is 6.63. The zero-order valence-electron chi connectivity index (χ0n) is 9.81. The molecule has 0 N–H and O–H groups in total. The quantitative estimate of drug-likeness (QED) is 0.453. The molecular weight excluding hydrogens is 320 g/mol. The van der Waals surface area contributed by atoms with Gasteiger partial charge in [0, 0.05) is 6.42 Å². The van der Waals surface area contributed by atoms with Crippen molar-refractivity contribution in [2.75, 3.05) is 7.05 Å². The maximum atomic E-state index is 12.8. The van der Waals surface area contributed by atoms with Gasteiger partial charge in [-0.1, -0.05) is 0 Å². The third-order valence-electron chi connectivity index (χ3n) is 2.87. The van der Waals surface area contributed by atoms with E-state index in [9.17, 15) is 35.9 Å². The van der Waals surface area contributed by atoms with Crippen LogP contribution in [0.4, 0.5) is 26.3 Å². The molecule has 0 radical (unpaired) electrons. The lowest BCUT2D eigenvalue weighted by Gasteiger charge is -2.37. The van der Waals surface area contributed by atoms with E-state index in [0.717, 1.165) is 0 Å². The van der Waals surface area contributed by atoms with E-state index in [0.29, 0.717) is 7.05 Å². The van der Waals surface area contributed by atoms with Gasteiger partial charge in [0.1, 0.15) is 6.04 Å². The third kappa shape index (κ3) is 2.58. The Kier molecular flexibility index (Phi) is 4.31. The minimum Gasteiger partial charge on any atom is -0.423 e. The number of hydrogen-bond acceptors (Lipinski definition) is 4. The van der Waals surface area contributed by atoms with Gasteiger partial charge in [-0.25, -0.2) is 4.90 Å². The number of esters is 1. The van der Waals surface area contributed by atoms with Crippen LogP contribution < -0.4 is 0 Å². The predicted molar refractivity (Wildman–Crippen MR) is 52.6 cm³/mol. The number of nitrogens with zero attached hydrogens (tertiary/aromatic N) is 1. The summed E-state index contributed by atoms with van der Waals surface area (Å²) < 4.78 is 80.3. The Morgan fingerprint density at radius 1 is 1.30 bits per heavy atom. The van der Waals surface area contributed by atoms with Crippen LogP contribution in [0.25, 0.3) is 0 Å². The summed E-state index contributed by atoms with van der Waals surface area (Å²) in [5, 5.41) is -0.984. The van der Waals surface area contributed by atoms with E-state index in [1.54, 1.807) is 0 Å². The maximum absolute atomic E-state index is 12.8. The number of cyclic esters (lactones) is 1. The molecule has 0 aromatic carbocycles. The molecule has 1 atom stereocenters. The lowest BCUT2D eigenvalue weighted by molar-refractivity contribution is -0.398. The zero-order valence-corrected chi connectivity index (χ0v) is 10.6. The Morgan fingerprint density at radius 2 is 1.75 bits per heavy atom. The number of alkyl halides is 6. The molecule has 0 bridgehead atoms. The van der Waals surface area contributed by atoms with Crippen molar-refractivity contribution in [2.24, 2.45) is 0 Å². The summed E-state index contributed by atoms with van der Waals surface area (Å²) in [4.78, 5) is 21.5. The predicted octanol–water partition coefficient (Wildman–Crippen LogP) is 2.21. The molecule has 1 fully saturated rings. The summed E-state index contributed by atoms with van der Waals surface area (Å²) in [5.74, 6) is -1.71. The topological polar surface area (TPSA) is 46.6 Å². The number of ether oxygens (including phenoxy) is 1. The molecule has 1 aliphatic rings. The van der Waals surface area contributed by atoms with Crippen molar-refractivity contribution in [3.63, 3.8) is 0 Å². The number of likely N-dealkylation sites (N-methyl/N-ethyl adjacent to an activating group) is 1. The number of hydrogen-bond donors (Lipinski definition) is 0. The van der Waals surface area contributed by atoms with E-state index in [1.165, 1.54) is 0 Å². The van der Waals surface area contributed by atoms with E-state index in [1.807, 2.05) is 0 Å². The average molecular weight is 328 g/mol. The smallest absolute Gasteiger partial charge is 0.423 e. The van der Waals surface area contributed by atoms with Crippen molar-refractivity contribution >= 4 is 22.8 Å². The molecule has 1 rings (SSSR count). The molecule has 0 unspecified atom stereocenters. The molecule has 11 heteroatoms. The Bertz CT molecular complexity index is 407. The van der Waals surface area contributed by atoms with Crippen molar-refractivity contribution in [2.45, 2.75) is 37.0 Å². The molecule has 0 aliphatic carbocycles. The van der Waals surface area contributed by atoms with E-state index in [-0.39, 0.29) is 4.90 Å². The minimum atomic E-state index is -5.88. The van der Waals surface area contributed by atoms with E-state index in [2.05, 4.69) is 4.74 Å². The van der Waals surface area contributed by atoms with Crippen LogP contribution in [0, 0.1) is 0 Å². The Labute approximate surface area is 113 Å². The molecule has 1 aliphatic heterocycles. The van der Waals surface area contributed by atoms with Crippen LogP contribution >= 0.6 is 11.6 Å². The highest BCUT2D eigenvalue weighted by atomic mass is 35.5. The van der Waals surface area contributed by atoms with Gasteiger partial charge in [0.2, 0.25) is 5.24 Å². The molecule has 4 nitrogen and oxygen atoms in total. The molecule has 0 spiro atoms.